The number of morpholine rings is 1. The van der Waals surface area contributed by atoms with E-state index in [1.807, 2.05) is 30.3 Å². The lowest BCUT2D eigenvalue weighted by molar-refractivity contribution is -0.123. The number of benzene rings is 2. The molecule has 0 atom stereocenters. The summed E-state index contributed by atoms with van der Waals surface area (Å²) in [5.74, 6) is 0.989. The molecule has 1 heterocycles. The predicted octanol–water partition coefficient (Wildman–Crippen LogP) is 4.10. The van der Waals surface area contributed by atoms with Crippen molar-refractivity contribution in [1.82, 2.24) is 10.2 Å². The fraction of sp³-hybridized carbons (Fsp3) is 0.435. The maximum Gasteiger partial charge on any atom is 0.258 e. The Bertz CT molecular complexity index is 820. The number of hydrogen-bond donors (Lipinski definition) is 1. The summed E-state index contributed by atoms with van der Waals surface area (Å²) < 4.78 is 11.9. The molecule has 0 saturated carbocycles. The molecule has 1 amide bonds. The molecule has 0 unspecified atom stereocenters. The Kier molecular flexibility index (Phi) is 8.09. The number of nitrogens with one attached hydrogen (secondary N) is 1. The van der Waals surface area contributed by atoms with Gasteiger partial charge in [0.2, 0.25) is 0 Å². The molecule has 3 rings (SSSR count). The number of ether oxygens (including phenoxy) is 2. The van der Waals surface area contributed by atoms with Crippen LogP contribution in [0.1, 0.15) is 36.5 Å². The van der Waals surface area contributed by atoms with E-state index in [1.165, 1.54) is 11.1 Å². The number of rotatable bonds is 8. The topological polar surface area (TPSA) is 50.8 Å². The van der Waals surface area contributed by atoms with Gasteiger partial charge in [-0.05, 0) is 50.7 Å². The normalized spacial score (nSPS) is 14.8. The van der Waals surface area contributed by atoms with Gasteiger partial charge in [0.05, 0.1) is 17.7 Å². The van der Waals surface area contributed by atoms with E-state index in [1.54, 1.807) is 0 Å². The largest absolute Gasteiger partial charge is 0.483 e. The van der Waals surface area contributed by atoms with Crippen molar-refractivity contribution in [2.45, 2.75) is 32.9 Å². The lowest BCUT2D eigenvalue weighted by Gasteiger charge is -2.26. The lowest BCUT2D eigenvalue weighted by atomic mass is 10.0. The van der Waals surface area contributed by atoms with Gasteiger partial charge in [-0.3, -0.25) is 9.69 Å². The van der Waals surface area contributed by atoms with Gasteiger partial charge in [-0.1, -0.05) is 44.2 Å². The van der Waals surface area contributed by atoms with E-state index in [4.69, 9.17) is 9.47 Å². The summed E-state index contributed by atoms with van der Waals surface area (Å²) in [5, 5.41) is 2.94. The summed E-state index contributed by atoms with van der Waals surface area (Å²) in [6.45, 7) is 9.21. The molecule has 0 bridgehead atoms. The summed E-state index contributed by atoms with van der Waals surface area (Å²) in [6, 6.07) is 14.3. The molecule has 5 nitrogen and oxygen atoms in total. The van der Waals surface area contributed by atoms with Gasteiger partial charge in [-0.15, -0.1) is 0 Å². The Balaban J connectivity index is 1.46. The van der Waals surface area contributed by atoms with Gasteiger partial charge in [-0.25, -0.2) is 0 Å². The van der Waals surface area contributed by atoms with Crippen LogP contribution in [0.3, 0.4) is 0 Å². The predicted molar refractivity (Wildman–Crippen MR) is 118 cm³/mol. The van der Waals surface area contributed by atoms with Gasteiger partial charge < -0.3 is 14.8 Å². The smallest absolute Gasteiger partial charge is 0.258 e. The minimum Gasteiger partial charge on any atom is -0.483 e. The number of nitrogens with zero attached hydrogens (tertiary/aromatic N) is 1. The van der Waals surface area contributed by atoms with Crippen molar-refractivity contribution in [3.63, 3.8) is 0 Å². The first kappa shape index (κ1) is 21.8. The zero-order valence-corrected chi connectivity index (χ0v) is 18.7. The maximum absolute atomic E-state index is 12.2. The zero-order valence-electron chi connectivity index (χ0n) is 17.1. The monoisotopic (exact) mass is 460 g/mol. The highest BCUT2D eigenvalue weighted by atomic mass is 79.9. The first-order chi connectivity index (χ1) is 14.0. The standard InChI is InChI=1S/C23H29BrN2O3/c1-17(2)20-6-7-22(21(24)13-20)29-16-23(27)25-14-18-4-3-5-19(12-18)15-26-8-10-28-11-9-26/h3-7,12-13,17H,8-11,14-16H2,1-2H3,(H,25,27). The van der Waals surface area contributed by atoms with E-state index < -0.39 is 0 Å². The Hall–Kier alpha value is -1.89. The highest BCUT2D eigenvalue weighted by Crippen LogP contribution is 2.28. The van der Waals surface area contributed by atoms with Crippen molar-refractivity contribution >= 4 is 21.8 Å². The lowest BCUT2D eigenvalue weighted by Crippen LogP contribution is -2.35. The van der Waals surface area contributed by atoms with Crippen molar-refractivity contribution in [2.75, 3.05) is 32.9 Å². The minimum absolute atomic E-state index is 0.00685. The van der Waals surface area contributed by atoms with E-state index >= 15 is 0 Å². The Morgan fingerprint density at radius 1 is 1.17 bits per heavy atom. The SMILES string of the molecule is CC(C)c1ccc(OCC(=O)NCc2cccc(CN3CCOCC3)c2)c(Br)c1. The van der Waals surface area contributed by atoms with Crippen LogP contribution in [0.25, 0.3) is 0 Å². The van der Waals surface area contributed by atoms with Gasteiger partial charge in [0.25, 0.3) is 5.91 Å². The number of carbonyl (C=O) groups excluding carboxylic acids is 1. The summed E-state index contributed by atoms with van der Waals surface area (Å²) in [7, 11) is 0. The molecule has 1 fully saturated rings. The van der Waals surface area contributed by atoms with Gasteiger partial charge in [0.15, 0.2) is 6.61 Å². The van der Waals surface area contributed by atoms with Crippen LogP contribution >= 0.6 is 15.9 Å². The molecule has 156 valence electrons. The minimum atomic E-state index is -0.136. The number of hydrogen-bond acceptors (Lipinski definition) is 4. The third-order valence-electron chi connectivity index (χ3n) is 4.97. The fourth-order valence-corrected chi connectivity index (χ4v) is 3.75. The van der Waals surface area contributed by atoms with Gasteiger partial charge >= 0.3 is 0 Å². The molecule has 6 heteroatoms. The van der Waals surface area contributed by atoms with Crippen LogP contribution < -0.4 is 10.1 Å². The molecule has 0 spiro atoms. The second kappa shape index (κ2) is 10.8. The summed E-state index contributed by atoms with van der Waals surface area (Å²) >= 11 is 3.52. The quantitative estimate of drug-likeness (QED) is 0.643. The van der Waals surface area contributed by atoms with Gasteiger partial charge in [-0.2, -0.15) is 0 Å². The van der Waals surface area contributed by atoms with E-state index in [-0.39, 0.29) is 12.5 Å². The molecule has 1 N–H and O–H groups in total. The van der Waals surface area contributed by atoms with E-state index in [0.29, 0.717) is 18.2 Å². The zero-order chi connectivity index (χ0) is 20.6. The maximum atomic E-state index is 12.2. The second-order valence-corrected chi connectivity index (χ2v) is 8.47. The van der Waals surface area contributed by atoms with Crippen LogP contribution in [0.5, 0.6) is 5.75 Å². The molecule has 0 radical (unpaired) electrons. The van der Waals surface area contributed by atoms with Crippen LogP contribution in [0, 0.1) is 0 Å². The Morgan fingerprint density at radius 3 is 2.66 bits per heavy atom. The number of carbonyl (C=O) groups is 1. The van der Waals surface area contributed by atoms with Gasteiger partial charge in [0.1, 0.15) is 5.75 Å². The molecular formula is C23H29BrN2O3. The summed E-state index contributed by atoms with van der Waals surface area (Å²) in [5.41, 5.74) is 3.57. The van der Waals surface area contributed by atoms with Crippen LogP contribution in [-0.2, 0) is 22.6 Å². The van der Waals surface area contributed by atoms with E-state index in [0.717, 1.165) is 42.9 Å². The highest BCUT2D eigenvalue weighted by molar-refractivity contribution is 9.10. The van der Waals surface area contributed by atoms with E-state index in [2.05, 4.69) is 52.1 Å². The average Bonchev–Trinajstić information content (AvgIpc) is 2.72. The molecule has 0 aliphatic carbocycles. The fourth-order valence-electron chi connectivity index (χ4n) is 3.24. The van der Waals surface area contributed by atoms with Crippen molar-refractivity contribution < 1.29 is 14.3 Å². The van der Waals surface area contributed by atoms with Gasteiger partial charge in [0, 0.05) is 26.2 Å². The van der Waals surface area contributed by atoms with Crippen LogP contribution in [-0.4, -0.2) is 43.7 Å². The molecule has 2 aromatic carbocycles. The van der Waals surface area contributed by atoms with E-state index in [9.17, 15) is 4.79 Å². The third-order valence-corrected chi connectivity index (χ3v) is 5.59. The molecule has 1 aliphatic heterocycles. The van der Waals surface area contributed by atoms with Crippen molar-refractivity contribution in [1.29, 1.82) is 0 Å². The summed E-state index contributed by atoms with van der Waals surface area (Å²) in [6.07, 6.45) is 0. The van der Waals surface area contributed by atoms with Crippen molar-refractivity contribution in [2.24, 2.45) is 0 Å². The van der Waals surface area contributed by atoms with Crippen LogP contribution in [0.2, 0.25) is 0 Å². The highest BCUT2D eigenvalue weighted by Gasteiger charge is 2.11. The molecule has 0 aromatic heterocycles. The first-order valence-corrected chi connectivity index (χ1v) is 10.9. The third kappa shape index (κ3) is 6.84. The Labute approximate surface area is 181 Å². The van der Waals surface area contributed by atoms with Crippen molar-refractivity contribution in [3.8, 4) is 5.75 Å². The molecule has 2 aromatic rings. The summed E-state index contributed by atoms with van der Waals surface area (Å²) in [4.78, 5) is 14.6. The number of halogens is 1. The van der Waals surface area contributed by atoms with Crippen LogP contribution in [0.15, 0.2) is 46.9 Å². The second-order valence-electron chi connectivity index (χ2n) is 7.62. The molecule has 1 aliphatic rings. The van der Waals surface area contributed by atoms with Crippen LogP contribution in [0.4, 0.5) is 0 Å². The average molecular weight is 461 g/mol. The van der Waals surface area contributed by atoms with Crippen molar-refractivity contribution in [3.05, 3.63) is 63.6 Å². The number of amides is 1. The molecule has 1 saturated heterocycles. The molecular weight excluding hydrogens is 432 g/mol. The molecule has 29 heavy (non-hydrogen) atoms. The first-order valence-electron chi connectivity index (χ1n) is 10.1. The Morgan fingerprint density at radius 2 is 1.93 bits per heavy atom.